The third-order valence-electron chi connectivity index (χ3n) is 9.37. The van der Waals surface area contributed by atoms with Gasteiger partial charge in [0.05, 0.1) is 11.0 Å². The van der Waals surface area contributed by atoms with Gasteiger partial charge in [-0.25, -0.2) is 4.98 Å². The van der Waals surface area contributed by atoms with Gasteiger partial charge in [-0.05, 0) is 64.0 Å². The molecule has 2 aromatic heterocycles. The lowest BCUT2D eigenvalue weighted by molar-refractivity contribution is 0.269. The molecule has 0 bridgehead atoms. The maximum absolute atomic E-state index is 6.26. The van der Waals surface area contributed by atoms with Crippen molar-refractivity contribution in [2.45, 2.75) is 12.0 Å². The highest BCUT2D eigenvalue weighted by molar-refractivity contribution is 6.13. The van der Waals surface area contributed by atoms with Crippen LogP contribution in [0.25, 0.3) is 72.1 Å². The Morgan fingerprint density at radius 1 is 0.543 bits per heavy atom. The van der Waals surface area contributed by atoms with Gasteiger partial charge in [-0.3, -0.25) is 4.57 Å². The van der Waals surface area contributed by atoms with Gasteiger partial charge in [0.1, 0.15) is 11.9 Å². The van der Waals surface area contributed by atoms with Crippen molar-refractivity contribution in [3.8, 4) is 34.5 Å². The molecule has 8 aromatic rings. The molecular weight excluding hydrogens is 564 g/mol. The summed E-state index contributed by atoms with van der Waals surface area (Å²) in [5, 5.41) is 6.95. The SMILES string of the molecule is C1=CC2Oc3ccc(-c4nc(-c5cccc6ccccc56)nc(-n5c6ccccc6c6cc7ccccc7cc65)n4)cc3C2C=C1. The number of nitrogens with zero attached hydrogens (tertiary/aromatic N) is 4. The van der Waals surface area contributed by atoms with E-state index in [9.17, 15) is 0 Å². The van der Waals surface area contributed by atoms with E-state index in [0.717, 1.165) is 49.6 Å². The third-order valence-corrected chi connectivity index (χ3v) is 9.37. The molecule has 216 valence electrons. The maximum atomic E-state index is 6.26. The van der Waals surface area contributed by atoms with Crippen molar-refractivity contribution in [1.29, 1.82) is 0 Å². The predicted octanol–water partition coefficient (Wildman–Crippen LogP) is 9.58. The number of hydrogen-bond donors (Lipinski definition) is 0. The lowest BCUT2D eigenvalue weighted by Gasteiger charge is -2.14. The van der Waals surface area contributed by atoms with Gasteiger partial charge in [-0.2, -0.15) is 9.97 Å². The maximum Gasteiger partial charge on any atom is 0.238 e. The molecule has 0 saturated heterocycles. The molecular formula is C41H26N4O. The van der Waals surface area contributed by atoms with Gasteiger partial charge in [-0.15, -0.1) is 0 Å². The number of allylic oxidation sites excluding steroid dienone is 2. The van der Waals surface area contributed by atoms with E-state index >= 15 is 0 Å². The minimum absolute atomic E-state index is 0.0165. The average Bonchev–Trinajstić information content (AvgIpc) is 3.65. The van der Waals surface area contributed by atoms with Gasteiger partial charge in [0.25, 0.3) is 0 Å². The monoisotopic (exact) mass is 590 g/mol. The molecule has 0 radical (unpaired) electrons. The summed E-state index contributed by atoms with van der Waals surface area (Å²) in [5.74, 6) is 2.93. The smallest absolute Gasteiger partial charge is 0.238 e. The summed E-state index contributed by atoms with van der Waals surface area (Å²) in [4.78, 5) is 15.6. The van der Waals surface area contributed by atoms with Gasteiger partial charge < -0.3 is 4.74 Å². The number of fused-ring (bicyclic) bond motifs is 8. The highest BCUT2D eigenvalue weighted by Crippen LogP contribution is 2.43. The number of ether oxygens (including phenoxy) is 1. The van der Waals surface area contributed by atoms with E-state index in [1.807, 2.05) is 0 Å². The lowest BCUT2D eigenvalue weighted by atomic mass is 9.91. The standard InChI is InChI=1S/C41H26N4O/c1-2-12-27-24-36-33(22-26(27)11-1)30-15-5-7-18-35(30)45(36)41-43-39(28-20-21-38-34(23-28)31-16-6-8-19-37(31)46-38)42-40(44-41)32-17-9-13-25-10-3-4-14-29(25)32/h1-24,31,37H. The molecule has 6 aromatic carbocycles. The van der Waals surface area contributed by atoms with Crippen molar-refractivity contribution in [2.75, 3.05) is 0 Å². The van der Waals surface area contributed by atoms with Gasteiger partial charge in [0, 0.05) is 33.4 Å². The minimum atomic E-state index is 0.0165. The van der Waals surface area contributed by atoms with Crippen molar-refractivity contribution in [1.82, 2.24) is 19.5 Å². The van der Waals surface area contributed by atoms with E-state index in [-0.39, 0.29) is 12.0 Å². The van der Waals surface area contributed by atoms with Crippen molar-refractivity contribution < 1.29 is 4.74 Å². The first-order chi connectivity index (χ1) is 22.8. The molecule has 3 heterocycles. The topological polar surface area (TPSA) is 52.8 Å². The third kappa shape index (κ3) is 3.78. The fourth-order valence-corrected chi connectivity index (χ4v) is 7.19. The average molecular weight is 591 g/mol. The molecule has 2 aliphatic rings. The first kappa shape index (κ1) is 25.3. The molecule has 1 aliphatic carbocycles. The van der Waals surface area contributed by atoms with E-state index < -0.39 is 0 Å². The molecule has 1 aliphatic heterocycles. The quantitative estimate of drug-likeness (QED) is 0.206. The van der Waals surface area contributed by atoms with E-state index in [0.29, 0.717) is 17.6 Å². The Kier molecular flexibility index (Phi) is 5.34. The van der Waals surface area contributed by atoms with Crippen LogP contribution >= 0.6 is 0 Å². The summed E-state index contributed by atoms with van der Waals surface area (Å²) in [6, 6.07) is 42.5. The molecule has 5 heteroatoms. The number of benzene rings is 6. The first-order valence-corrected chi connectivity index (χ1v) is 15.6. The van der Waals surface area contributed by atoms with Crippen LogP contribution in [0.2, 0.25) is 0 Å². The highest BCUT2D eigenvalue weighted by atomic mass is 16.5. The minimum Gasteiger partial charge on any atom is -0.485 e. The predicted molar refractivity (Wildman–Crippen MR) is 185 cm³/mol. The molecule has 2 unspecified atom stereocenters. The number of para-hydroxylation sites is 1. The largest absolute Gasteiger partial charge is 0.485 e. The van der Waals surface area contributed by atoms with Crippen LogP contribution in [0.5, 0.6) is 5.75 Å². The highest BCUT2D eigenvalue weighted by Gasteiger charge is 2.32. The first-order valence-electron chi connectivity index (χ1n) is 15.6. The lowest BCUT2D eigenvalue weighted by Crippen LogP contribution is -2.15. The van der Waals surface area contributed by atoms with Gasteiger partial charge in [-0.1, -0.05) is 103 Å². The summed E-state index contributed by atoms with van der Waals surface area (Å²) in [5.41, 5.74) is 5.17. The molecule has 46 heavy (non-hydrogen) atoms. The second kappa shape index (κ2) is 9.71. The molecule has 2 atom stereocenters. The zero-order valence-corrected chi connectivity index (χ0v) is 24.7. The Balaban J connectivity index is 1.26. The van der Waals surface area contributed by atoms with Crippen LogP contribution in [0.3, 0.4) is 0 Å². The van der Waals surface area contributed by atoms with E-state index in [1.54, 1.807) is 0 Å². The summed E-state index contributed by atoms with van der Waals surface area (Å²) < 4.78 is 8.45. The Hall–Kier alpha value is -6.07. The van der Waals surface area contributed by atoms with Crippen molar-refractivity contribution in [3.05, 3.63) is 151 Å². The molecule has 0 N–H and O–H groups in total. The molecule has 5 nitrogen and oxygen atoms in total. The molecule has 0 saturated carbocycles. The van der Waals surface area contributed by atoms with Gasteiger partial charge >= 0.3 is 0 Å². The number of hydrogen-bond acceptors (Lipinski definition) is 4. The van der Waals surface area contributed by atoms with Crippen LogP contribution in [0.1, 0.15) is 11.5 Å². The number of aromatic nitrogens is 4. The van der Waals surface area contributed by atoms with Crippen LogP contribution in [0.4, 0.5) is 0 Å². The van der Waals surface area contributed by atoms with E-state index in [2.05, 4.69) is 150 Å². The summed E-state index contributed by atoms with van der Waals surface area (Å²) in [6.45, 7) is 0. The van der Waals surface area contributed by atoms with Crippen LogP contribution < -0.4 is 4.74 Å². The molecule has 0 spiro atoms. The van der Waals surface area contributed by atoms with Crippen LogP contribution in [0, 0.1) is 0 Å². The fourth-order valence-electron chi connectivity index (χ4n) is 7.19. The zero-order valence-electron chi connectivity index (χ0n) is 24.7. The summed E-state index contributed by atoms with van der Waals surface area (Å²) in [7, 11) is 0. The van der Waals surface area contributed by atoms with Crippen LogP contribution in [-0.2, 0) is 0 Å². The zero-order chi connectivity index (χ0) is 30.2. The molecule has 0 fully saturated rings. The molecule has 0 amide bonds. The second-order valence-electron chi connectivity index (χ2n) is 12.0. The summed E-state index contributed by atoms with van der Waals surface area (Å²) >= 11 is 0. The molecule has 10 rings (SSSR count). The fraction of sp³-hybridized carbons (Fsp3) is 0.0488. The Bertz CT molecular complexity index is 2590. The van der Waals surface area contributed by atoms with Crippen molar-refractivity contribution >= 4 is 43.4 Å². The second-order valence-corrected chi connectivity index (χ2v) is 12.0. The number of rotatable bonds is 3. The Labute approximate surface area is 264 Å². The van der Waals surface area contributed by atoms with Gasteiger partial charge in [0.15, 0.2) is 11.6 Å². The van der Waals surface area contributed by atoms with Crippen LogP contribution in [-0.4, -0.2) is 25.6 Å². The Morgan fingerprint density at radius 2 is 1.28 bits per heavy atom. The van der Waals surface area contributed by atoms with Crippen molar-refractivity contribution in [3.63, 3.8) is 0 Å². The van der Waals surface area contributed by atoms with Gasteiger partial charge in [0.2, 0.25) is 5.95 Å². The van der Waals surface area contributed by atoms with Crippen molar-refractivity contribution in [2.24, 2.45) is 0 Å². The van der Waals surface area contributed by atoms with E-state index in [4.69, 9.17) is 19.7 Å². The normalized spacial score (nSPS) is 16.7. The summed E-state index contributed by atoms with van der Waals surface area (Å²) in [6.07, 6.45) is 8.50. The van der Waals surface area contributed by atoms with E-state index in [1.165, 1.54) is 16.2 Å². The Morgan fingerprint density at radius 3 is 2.20 bits per heavy atom. The van der Waals surface area contributed by atoms with Crippen LogP contribution in [0.15, 0.2) is 146 Å².